The molecule has 0 bridgehead atoms. The van der Waals surface area contributed by atoms with Crippen LogP contribution in [0.2, 0.25) is 0 Å². The zero-order valence-electron chi connectivity index (χ0n) is 11.8. The van der Waals surface area contributed by atoms with E-state index < -0.39 is 16.7 Å². The number of para-hydroxylation sites is 1. The maximum atomic E-state index is 12.6. The minimum absolute atomic E-state index is 0.0742. The van der Waals surface area contributed by atoms with Gasteiger partial charge in [0.15, 0.2) is 0 Å². The number of hydrogen-bond donors (Lipinski definition) is 0. The van der Waals surface area contributed by atoms with Crippen LogP contribution in [0.3, 0.4) is 0 Å². The van der Waals surface area contributed by atoms with Crippen LogP contribution < -0.4 is 4.90 Å². The normalized spacial score (nSPS) is 13.4. The number of anilines is 1. The van der Waals surface area contributed by atoms with E-state index in [-0.39, 0.29) is 16.8 Å². The van der Waals surface area contributed by atoms with E-state index in [0.717, 1.165) is 10.5 Å². The summed E-state index contributed by atoms with van der Waals surface area (Å²) in [6.07, 6.45) is 0.645. The number of imide groups is 1. The quantitative estimate of drug-likeness (QED) is 0.495. The van der Waals surface area contributed by atoms with Crippen LogP contribution in [0.5, 0.6) is 0 Å². The molecule has 0 fully saturated rings. The van der Waals surface area contributed by atoms with Crippen LogP contribution in [0.25, 0.3) is 0 Å². The van der Waals surface area contributed by atoms with Crippen molar-refractivity contribution in [3.8, 4) is 0 Å². The first kappa shape index (κ1) is 13.9. The molecule has 1 aliphatic rings. The van der Waals surface area contributed by atoms with Gasteiger partial charge in [0.1, 0.15) is 5.56 Å². The molecule has 0 saturated heterocycles. The highest BCUT2D eigenvalue weighted by atomic mass is 16.6. The molecule has 22 heavy (non-hydrogen) atoms. The number of fused-ring (bicyclic) bond motifs is 1. The van der Waals surface area contributed by atoms with Crippen molar-refractivity contribution in [2.24, 2.45) is 0 Å². The molecule has 0 aromatic heterocycles. The fourth-order valence-corrected chi connectivity index (χ4v) is 2.67. The Hall–Kier alpha value is -3.02. The molecule has 6 heteroatoms. The molecule has 3 rings (SSSR count). The summed E-state index contributed by atoms with van der Waals surface area (Å²) in [5, 5.41) is 11.1. The highest BCUT2D eigenvalue weighted by Gasteiger charge is 2.42. The van der Waals surface area contributed by atoms with Gasteiger partial charge in [-0.15, -0.1) is 0 Å². The Kier molecular flexibility index (Phi) is 3.21. The molecule has 0 aliphatic carbocycles. The Morgan fingerprint density at radius 3 is 2.45 bits per heavy atom. The molecule has 1 heterocycles. The minimum Gasteiger partial charge on any atom is -0.268 e. The monoisotopic (exact) mass is 296 g/mol. The lowest BCUT2D eigenvalue weighted by atomic mass is 10.1. The molecule has 2 aromatic rings. The maximum absolute atomic E-state index is 12.6. The molecule has 6 nitrogen and oxygen atoms in total. The first-order chi connectivity index (χ1) is 10.6. The highest BCUT2D eigenvalue weighted by Crippen LogP contribution is 2.35. The van der Waals surface area contributed by atoms with E-state index in [0.29, 0.717) is 12.1 Å². The van der Waals surface area contributed by atoms with Gasteiger partial charge >= 0.3 is 0 Å². The summed E-state index contributed by atoms with van der Waals surface area (Å²) in [4.78, 5) is 36.6. The lowest BCUT2D eigenvalue weighted by molar-refractivity contribution is -0.385. The number of benzene rings is 2. The maximum Gasteiger partial charge on any atom is 0.283 e. The Labute approximate surface area is 126 Å². The molecular formula is C16H12N2O4. The van der Waals surface area contributed by atoms with Crippen molar-refractivity contribution in [2.75, 3.05) is 4.90 Å². The number of aryl methyl sites for hydroxylation is 1. The van der Waals surface area contributed by atoms with Gasteiger partial charge < -0.3 is 0 Å². The Morgan fingerprint density at radius 2 is 1.77 bits per heavy atom. The molecule has 0 spiro atoms. The van der Waals surface area contributed by atoms with E-state index in [4.69, 9.17) is 0 Å². The predicted octanol–water partition coefficient (Wildman–Crippen LogP) is 2.96. The van der Waals surface area contributed by atoms with Crippen LogP contribution in [0.1, 0.15) is 33.2 Å². The van der Waals surface area contributed by atoms with Crippen molar-refractivity contribution in [1.82, 2.24) is 0 Å². The summed E-state index contributed by atoms with van der Waals surface area (Å²) < 4.78 is 0. The lowest BCUT2D eigenvalue weighted by Gasteiger charge is -2.17. The van der Waals surface area contributed by atoms with Crippen LogP contribution >= 0.6 is 0 Å². The zero-order chi connectivity index (χ0) is 15.9. The van der Waals surface area contributed by atoms with Crippen LogP contribution in [0, 0.1) is 10.1 Å². The van der Waals surface area contributed by atoms with Crippen LogP contribution in [0.4, 0.5) is 11.4 Å². The van der Waals surface area contributed by atoms with Gasteiger partial charge in [0.2, 0.25) is 0 Å². The molecule has 0 N–H and O–H groups in total. The molecular weight excluding hydrogens is 284 g/mol. The number of amides is 2. The molecule has 110 valence electrons. The van der Waals surface area contributed by atoms with E-state index in [1.165, 1.54) is 18.2 Å². The molecule has 0 atom stereocenters. The number of nitro groups is 1. The van der Waals surface area contributed by atoms with Gasteiger partial charge in [-0.25, -0.2) is 4.90 Å². The second-order valence-corrected chi connectivity index (χ2v) is 4.88. The average molecular weight is 296 g/mol. The molecule has 0 unspecified atom stereocenters. The Morgan fingerprint density at radius 1 is 1.05 bits per heavy atom. The third-order valence-electron chi connectivity index (χ3n) is 3.70. The molecule has 2 amide bonds. The van der Waals surface area contributed by atoms with Crippen LogP contribution in [-0.4, -0.2) is 16.7 Å². The summed E-state index contributed by atoms with van der Waals surface area (Å²) in [5.41, 5.74) is 0.908. The van der Waals surface area contributed by atoms with Gasteiger partial charge in [-0.05, 0) is 24.1 Å². The standard InChI is InChI=1S/C16H12N2O4/c1-2-10-6-3-4-8-12(10)17-15(19)11-7-5-9-13(18(21)22)14(11)16(17)20/h3-9H,2H2,1H3. The van der Waals surface area contributed by atoms with Gasteiger partial charge in [0, 0.05) is 6.07 Å². The Bertz CT molecular complexity index is 814. The number of rotatable bonds is 3. The van der Waals surface area contributed by atoms with Gasteiger partial charge in [-0.3, -0.25) is 19.7 Å². The van der Waals surface area contributed by atoms with Gasteiger partial charge in [0.05, 0.1) is 16.2 Å². The fourth-order valence-electron chi connectivity index (χ4n) is 2.67. The van der Waals surface area contributed by atoms with Crippen molar-refractivity contribution < 1.29 is 14.5 Å². The largest absolute Gasteiger partial charge is 0.283 e. The highest BCUT2D eigenvalue weighted by molar-refractivity contribution is 6.35. The second-order valence-electron chi connectivity index (χ2n) is 4.88. The van der Waals surface area contributed by atoms with Gasteiger partial charge in [-0.2, -0.15) is 0 Å². The van der Waals surface area contributed by atoms with E-state index in [1.807, 2.05) is 19.1 Å². The molecule has 1 aliphatic heterocycles. The summed E-state index contributed by atoms with van der Waals surface area (Å²) in [7, 11) is 0. The molecule has 0 saturated carbocycles. The van der Waals surface area contributed by atoms with E-state index in [2.05, 4.69) is 0 Å². The summed E-state index contributed by atoms with van der Waals surface area (Å²) >= 11 is 0. The van der Waals surface area contributed by atoms with Crippen LogP contribution in [0.15, 0.2) is 42.5 Å². The Balaban J connectivity index is 2.19. The molecule has 0 radical (unpaired) electrons. The van der Waals surface area contributed by atoms with Gasteiger partial charge in [-0.1, -0.05) is 31.2 Å². The van der Waals surface area contributed by atoms with Crippen molar-refractivity contribution in [2.45, 2.75) is 13.3 Å². The predicted molar refractivity (Wildman–Crippen MR) is 80.1 cm³/mol. The number of carbonyl (C=O) groups excluding carboxylic acids is 2. The van der Waals surface area contributed by atoms with Crippen molar-refractivity contribution in [3.05, 3.63) is 69.3 Å². The lowest BCUT2D eigenvalue weighted by Crippen LogP contribution is -2.30. The summed E-state index contributed by atoms with van der Waals surface area (Å²) in [5.74, 6) is -1.17. The van der Waals surface area contributed by atoms with Gasteiger partial charge in [0.25, 0.3) is 17.5 Å². The zero-order valence-corrected chi connectivity index (χ0v) is 11.8. The summed E-state index contributed by atoms with van der Waals surface area (Å²) in [6.45, 7) is 1.92. The number of nitrogens with zero attached hydrogens (tertiary/aromatic N) is 2. The van der Waals surface area contributed by atoms with Crippen LogP contribution in [-0.2, 0) is 6.42 Å². The third-order valence-corrected chi connectivity index (χ3v) is 3.70. The fraction of sp³-hybridized carbons (Fsp3) is 0.125. The van der Waals surface area contributed by atoms with Crippen molar-refractivity contribution in [1.29, 1.82) is 0 Å². The number of hydrogen-bond acceptors (Lipinski definition) is 4. The first-order valence-electron chi connectivity index (χ1n) is 6.80. The van der Waals surface area contributed by atoms with Crippen molar-refractivity contribution >= 4 is 23.2 Å². The average Bonchev–Trinajstić information content (AvgIpc) is 2.78. The third kappa shape index (κ3) is 1.88. The smallest absolute Gasteiger partial charge is 0.268 e. The van der Waals surface area contributed by atoms with E-state index in [1.54, 1.807) is 12.1 Å². The minimum atomic E-state index is -0.645. The van der Waals surface area contributed by atoms with E-state index >= 15 is 0 Å². The number of nitro benzene ring substituents is 1. The molecule has 2 aromatic carbocycles. The van der Waals surface area contributed by atoms with E-state index in [9.17, 15) is 19.7 Å². The van der Waals surface area contributed by atoms with Crippen molar-refractivity contribution in [3.63, 3.8) is 0 Å². The SMILES string of the molecule is CCc1ccccc1N1C(=O)c2cccc([N+](=O)[O-])c2C1=O. The first-order valence-corrected chi connectivity index (χ1v) is 6.80. The number of carbonyl (C=O) groups is 2. The summed E-state index contributed by atoms with van der Waals surface area (Å²) in [6, 6.07) is 11.1. The topological polar surface area (TPSA) is 80.5 Å². The second kappa shape index (κ2) is 5.07.